The Balaban J connectivity index is 2.69. The van der Waals surface area contributed by atoms with E-state index in [9.17, 15) is 8.78 Å². The number of hydrogen-bond donors (Lipinski definition) is 2. The van der Waals surface area contributed by atoms with Gasteiger partial charge in [0.1, 0.15) is 23.2 Å². The smallest absolute Gasteiger partial charge is 0.151 e. The van der Waals surface area contributed by atoms with E-state index in [2.05, 4.69) is 4.98 Å². The summed E-state index contributed by atoms with van der Waals surface area (Å²) in [5.74, 6) is 4.82. The molecule has 0 unspecified atom stereocenters. The number of anilines is 1. The van der Waals surface area contributed by atoms with Crippen molar-refractivity contribution >= 4 is 5.82 Å². The van der Waals surface area contributed by atoms with Crippen molar-refractivity contribution in [2.24, 2.45) is 0 Å². The molecule has 0 atom stereocenters. The van der Waals surface area contributed by atoms with Crippen LogP contribution in [0, 0.1) is 11.6 Å². The maximum absolute atomic E-state index is 13.7. The third kappa shape index (κ3) is 1.79. The molecule has 0 aliphatic carbocycles. The van der Waals surface area contributed by atoms with Crippen LogP contribution < -0.4 is 11.6 Å². The number of nitrogens with zero attached hydrogens (tertiary/aromatic N) is 2. The molecular formula is C12H14F2N4. The molecule has 1 heterocycles. The highest BCUT2D eigenvalue weighted by atomic mass is 19.1. The summed E-state index contributed by atoms with van der Waals surface area (Å²) in [5, 5.41) is 0. The molecule has 0 bridgehead atoms. The number of benzene rings is 1. The number of imidazole rings is 1. The van der Waals surface area contributed by atoms with Crippen LogP contribution in [-0.4, -0.2) is 9.66 Å². The van der Waals surface area contributed by atoms with Crippen molar-refractivity contribution < 1.29 is 8.78 Å². The van der Waals surface area contributed by atoms with Gasteiger partial charge >= 0.3 is 0 Å². The molecule has 96 valence electrons. The van der Waals surface area contributed by atoms with Crippen molar-refractivity contribution in [2.75, 3.05) is 11.6 Å². The van der Waals surface area contributed by atoms with Gasteiger partial charge in [0.15, 0.2) is 5.82 Å². The third-order valence-corrected chi connectivity index (χ3v) is 2.69. The number of halogens is 2. The second-order valence-corrected chi connectivity index (χ2v) is 4.33. The van der Waals surface area contributed by atoms with E-state index in [0.29, 0.717) is 5.82 Å². The van der Waals surface area contributed by atoms with Gasteiger partial charge in [-0.25, -0.2) is 18.4 Å². The van der Waals surface area contributed by atoms with Crippen LogP contribution in [0.4, 0.5) is 14.6 Å². The van der Waals surface area contributed by atoms with E-state index in [1.165, 1.54) is 6.07 Å². The number of hydrogen-bond acceptors (Lipinski definition) is 3. The molecule has 4 nitrogen and oxygen atoms in total. The maximum Gasteiger partial charge on any atom is 0.151 e. The molecule has 0 saturated heterocycles. The van der Waals surface area contributed by atoms with Crippen molar-refractivity contribution in [1.82, 2.24) is 9.66 Å². The number of nitrogens with two attached hydrogens (primary N) is 2. The lowest BCUT2D eigenvalue weighted by molar-refractivity contribution is 0.589. The minimum atomic E-state index is -0.713. The van der Waals surface area contributed by atoms with Crippen molar-refractivity contribution in [2.45, 2.75) is 19.8 Å². The van der Waals surface area contributed by atoms with Gasteiger partial charge in [0, 0.05) is 5.92 Å². The molecule has 0 amide bonds. The van der Waals surface area contributed by atoms with E-state index >= 15 is 0 Å². The maximum atomic E-state index is 13.7. The number of nitrogen functional groups attached to an aromatic ring is 2. The Morgan fingerprint density at radius 1 is 1.22 bits per heavy atom. The van der Waals surface area contributed by atoms with E-state index in [0.717, 1.165) is 16.8 Å². The second-order valence-electron chi connectivity index (χ2n) is 4.33. The summed E-state index contributed by atoms with van der Waals surface area (Å²) < 4.78 is 28.5. The lowest BCUT2D eigenvalue weighted by atomic mass is 10.1. The van der Waals surface area contributed by atoms with Gasteiger partial charge in [0.25, 0.3) is 0 Å². The fourth-order valence-electron chi connectivity index (χ4n) is 1.78. The Morgan fingerprint density at radius 3 is 2.22 bits per heavy atom. The molecule has 1 aromatic heterocycles. The summed E-state index contributed by atoms with van der Waals surface area (Å²) in [6.07, 6.45) is 0. The molecule has 2 aromatic rings. The summed E-state index contributed by atoms with van der Waals surface area (Å²) in [6.45, 7) is 3.74. The molecule has 0 spiro atoms. The van der Waals surface area contributed by atoms with Gasteiger partial charge in [-0.15, -0.1) is 0 Å². The van der Waals surface area contributed by atoms with E-state index in [1.807, 2.05) is 13.8 Å². The van der Waals surface area contributed by atoms with E-state index in [-0.39, 0.29) is 23.0 Å². The van der Waals surface area contributed by atoms with Crippen LogP contribution in [0.3, 0.4) is 0 Å². The van der Waals surface area contributed by atoms with Crippen LogP contribution >= 0.6 is 0 Å². The van der Waals surface area contributed by atoms with Crippen molar-refractivity contribution in [1.29, 1.82) is 0 Å². The molecule has 1 aromatic carbocycles. The summed E-state index contributed by atoms with van der Waals surface area (Å²) in [4.78, 5) is 4.13. The van der Waals surface area contributed by atoms with Crippen molar-refractivity contribution in [3.8, 4) is 11.3 Å². The van der Waals surface area contributed by atoms with Gasteiger partial charge in [-0.05, 0) is 12.1 Å². The largest absolute Gasteiger partial charge is 0.382 e. The van der Waals surface area contributed by atoms with Gasteiger partial charge in [-0.3, -0.25) is 0 Å². The molecule has 18 heavy (non-hydrogen) atoms. The lowest BCUT2D eigenvalue weighted by Crippen LogP contribution is -2.16. The lowest BCUT2D eigenvalue weighted by Gasteiger charge is -2.04. The van der Waals surface area contributed by atoms with Crippen LogP contribution in [0.5, 0.6) is 0 Å². The minimum absolute atomic E-state index is 0.000819. The average Bonchev–Trinajstić information content (AvgIpc) is 2.57. The topological polar surface area (TPSA) is 69.9 Å². The number of aromatic nitrogens is 2. The van der Waals surface area contributed by atoms with Crippen molar-refractivity contribution in [3.05, 3.63) is 35.7 Å². The highest BCUT2D eigenvalue weighted by Crippen LogP contribution is 2.31. The van der Waals surface area contributed by atoms with E-state index in [4.69, 9.17) is 11.6 Å². The van der Waals surface area contributed by atoms with Crippen LogP contribution in [0.1, 0.15) is 25.6 Å². The molecule has 2 rings (SSSR count). The van der Waals surface area contributed by atoms with E-state index < -0.39 is 11.6 Å². The first-order chi connectivity index (χ1) is 8.43. The van der Waals surface area contributed by atoms with Gasteiger partial charge in [-0.2, -0.15) is 0 Å². The first-order valence-electron chi connectivity index (χ1n) is 5.51. The monoisotopic (exact) mass is 252 g/mol. The van der Waals surface area contributed by atoms with Gasteiger partial charge in [-0.1, -0.05) is 19.9 Å². The molecule has 0 fully saturated rings. The fourth-order valence-corrected chi connectivity index (χ4v) is 1.78. The molecule has 6 heteroatoms. The SMILES string of the molecule is CC(C)c1nc(-c2c(F)cccc2F)c(N)n1N. The second kappa shape index (κ2) is 4.29. The summed E-state index contributed by atoms with van der Waals surface area (Å²) >= 11 is 0. The fraction of sp³-hybridized carbons (Fsp3) is 0.250. The zero-order valence-corrected chi connectivity index (χ0v) is 10.1. The molecule has 0 aliphatic heterocycles. The van der Waals surface area contributed by atoms with Crippen LogP contribution in [0.15, 0.2) is 18.2 Å². The van der Waals surface area contributed by atoms with Gasteiger partial charge < -0.3 is 11.6 Å². The predicted molar refractivity (Wildman–Crippen MR) is 66.2 cm³/mol. The van der Waals surface area contributed by atoms with Gasteiger partial charge in [0.2, 0.25) is 0 Å². The van der Waals surface area contributed by atoms with Crippen LogP contribution in [0.2, 0.25) is 0 Å². The Hall–Kier alpha value is -2.11. The summed E-state index contributed by atoms with van der Waals surface area (Å²) in [6, 6.07) is 3.60. The first kappa shape index (κ1) is 12.3. The standard InChI is InChI=1S/C12H14F2N4/c1-6(2)12-17-10(11(15)18(12)16)9-7(13)4-3-5-8(9)14/h3-6H,15-16H2,1-2H3. The summed E-state index contributed by atoms with van der Waals surface area (Å²) in [7, 11) is 0. The zero-order chi connectivity index (χ0) is 13.4. The molecule has 0 saturated carbocycles. The zero-order valence-electron chi connectivity index (χ0n) is 10.1. The average molecular weight is 252 g/mol. The third-order valence-electron chi connectivity index (χ3n) is 2.69. The Morgan fingerprint density at radius 2 is 1.78 bits per heavy atom. The van der Waals surface area contributed by atoms with Crippen molar-refractivity contribution in [3.63, 3.8) is 0 Å². The highest BCUT2D eigenvalue weighted by Gasteiger charge is 2.21. The molecule has 4 N–H and O–H groups in total. The highest BCUT2D eigenvalue weighted by molar-refractivity contribution is 5.72. The molecule has 0 aliphatic rings. The minimum Gasteiger partial charge on any atom is -0.382 e. The summed E-state index contributed by atoms with van der Waals surface area (Å²) in [5.41, 5.74) is 5.54. The van der Waals surface area contributed by atoms with Gasteiger partial charge in [0.05, 0.1) is 5.56 Å². The quantitative estimate of drug-likeness (QED) is 0.805. The molecular weight excluding hydrogens is 238 g/mol. The Bertz CT molecular complexity index is 570. The Labute approximate surface area is 103 Å². The first-order valence-corrected chi connectivity index (χ1v) is 5.51. The Kier molecular flexibility index (Phi) is 2.94. The van der Waals surface area contributed by atoms with E-state index in [1.54, 1.807) is 0 Å². The number of rotatable bonds is 2. The predicted octanol–water partition coefficient (Wildman–Crippen LogP) is 2.25. The normalized spacial score (nSPS) is 11.2. The van der Waals surface area contributed by atoms with Crippen LogP contribution in [0.25, 0.3) is 11.3 Å². The van der Waals surface area contributed by atoms with Crippen LogP contribution in [-0.2, 0) is 0 Å². The molecule has 0 radical (unpaired) electrons.